The lowest BCUT2D eigenvalue weighted by Crippen LogP contribution is -2.53. The van der Waals surface area contributed by atoms with Crippen LogP contribution in [0.4, 0.5) is 5.69 Å². The van der Waals surface area contributed by atoms with E-state index in [0.29, 0.717) is 17.9 Å². The fourth-order valence-corrected chi connectivity index (χ4v) is 3.04. The predicted octanol–water partition coefficient (Wildman–Crippen LogP) is 1.77. The van der Waals surface area contributed by atoms with Crippen molar-refractivity contribution in [2.75, 3.05) is 11.9 Å². The van der Waals surface area contributed by atoms with Crippen LogP contribution in [0.5, 0.6) is 17.2 Å². The smallest absolute Gasteiger partial charge is 0.268 e. The largest absolute Gasteiger partial charge is 0.508 e. The van der Waals surface area contributed by atoms with Gasteiger partial charge in [0.1, 0.15) is 23.4 Å². The summed E-state index contributed by atoms with van der Waals surface area (Å²) in [5, 5.41) is 35.2. The molecule has 5 N–H and O–H groups in total. The number of hydrogen-bond donors (Lipinski definition) is 5. The van der Waals surface area contributed by atoms with Crippen LogP contribution in [0.25, 0.3) is 0 Å². The highest BCUT2D eigenvalue weighted by molar-refractivity contribution is 5.98. The maximum absolute atomic E-state index is 12.2. The molecule has 27 heavy (non-hydrogen) atoms. The van der Waals surface area contributed by atoms with Gasteiger partial charge in [0.05, 0.1) is 5.69 Å². The van der Waals surface area contributed by atoms with E-state index in [2.05, 4.69) is 10.6 Å². The predicted molar refractivity (Wildman–Crippen MR) is 101 cm³/mol. The average molecular weight is 372 g/mol. The number of carbonyl (C=O) groups excluding carboxylic acids is 1. The van der Waals surface area contributed by atoms with Crippen LogP contribution in [0.1, 0.15) is 19.4 Å². The number of anilines is 1. The average Bonchev–Trinajstić information content (AvgIpc) is 2.61. The number of β-amino-alcohol motifs (C(OH)–C–C–N with tert-alkyl or cyclic N) is 1. The van der Waals surface area contributed by atoms with Gasteiger partial charge >= 0.3 is 0 Å². The van der Waals surface area contributed by atoms with Crippen LogP contribution in [0, 0.1) is 0 Å². The molecule has 0 spiro atoms. The van der Waals surface area contributed by atoms with E-state index in [1.807, 2.05) is 26.0 Å². The van der Waals surface area contributed by atoms with E-state index in [4.69, 9.17) is 4.74 Å². The molecule has 2 aromatic carbocycles. The lowest BCUT2D eigenvalue weighted by atomic mass is 9.94. The number of aliphatic hydroxyl groups excluding tert-OH is 1. The molecule has 2 aromatic rings. The minimum Gasteiger partial charge on any atom is -0.508 e. The second kappa shape index (κ2) is 7.46. The second-order valence-electron chi connectivity index (χ2n) is 7.38. The van der Waals surface area contributed by atoms with Crippen LogP contribution >= 0.6 is 0 Å². The first kappa shape index (κ1) is 19.0. The van der Waals surface area contributed by atoms with Gasteiger partial charge in [-0.1, -0.05) is 12.1 Å². The summed E-state index contributed by atoms with van der Waals surface area (Å²) in [5.41, 5.74) is 1.08. The lowest BCUT2D eigenvalue weighted by Gasteiger charge is -2.32. The highest BCUT2D eigenvalue weighted by Gasteiger charge is 2.34. The van der Waals surface area contributed by atoms with Gasteiger partial charge in [0.15, 0.2) is 0 Å². The molecule has 1 aliphatic heterocycles. The molecule has 2 atom stereocenters. The molecule has 0 saturated heterocycles. The zero-order valence-electron chi connectivity index (χ0n) is 15.3. The molecule has 3 rings (SSSR count). The quantitative estimate of drug-likeness (QED) is 0.529. The summed E-state index contributed by atoms with van der Waals surface area (Å²) >= 11 is 0. The Kier molecular flexibility index (Phi) is 5.25. The Morgan fingerprint density at radius 2 is 1.81 bits per heavy atom. The van der Waals surface area contributed by atoms with E-state index in [1.165, 1.54) is 12.1 Å². The summed E-state index contributed by atoms with van der Waals surface area (Å²) in [5.74, 6) is 0.182. The van der Waals surface area contributed by atoms with E-state index in [1.54, 1.807) is 18.2 Å². The van der Waals surface area contributed by atoms with Crippen molar-refractivity contribution in [3.8, 4) is 17.2 Å². The summed E-state index contributed by atoms with van der Waals surface area (Å²) in [6.07, 6.45) is -1.41. The minimum absolute atomic E-state index is 0.0225. The Morgan fingerprint density at radius 1 is 1.15 bits per heavy atom. The third-order valence-corrected chi connectivity index (χ3v) is 4.45. The number of nitrogens with one attached hydrogen (secondary N) is 2. The molecular formula is C20H24N2O5. The Balaban J connectivity index is 1.59. The highest BCUT2D eigenvalue weighted by Crippen LogP contribution is 2.33. The SMILES string of the molecule is CC(C)(Cc1ccc(O)cc1)NCC(O)C1Oc2ccc(O)cc2NC1=O. The summed E-state index contributed by atoms with van der Waals surface area (Å²) in [6.45, 7) is 4.15. The number of hydrogen-bond acceptors (Lipinski definition) is 6. The topological polar surface area (TPSA) is 111 Å². The van der Waals surface area contributed by atoms with Crippen molar-refractivity contribution < 1.29 is 24.9 Å². The van der Waals surface area contributed by atoms with Gasteiger partial charge in [0.25, 0.3) is 5.91 Å². The summed E-state index contributed by atoms with van der Waals surface area (Å²) in [4.78, 5) is 12.2. The monoisotopic (exact) mass is 372 g/mol. The van der Waals surface area contributed by atoms with E-state index in [0.717, 1.165) is 5.56 Å². The molecular weight excluding hydrogens is 348 g/mol. The fraction of sp³-hybridized carbons (Fsp3) is 0.350. The number of aromatic hydroxyl groups is 2. The third kappa shape index (κ3) is 4.69. The van der Waals surface area contributed by atoms with Crippen molar-refractivity contribution in [2.24, 2.45) is 0 Å². The molecule has 0 bridgehead atoms. The zero-order chi connectivity index (χ0) is 19.6. The minimum atomic E-state index is -1.05. The summed E-state index contributed by atoms with van der Waals surface area (Å²) in [7, 11) is 0. The molecule has 0 aromatic heterocycles. The standard InChI is InChI=1S/C20H24N2O5/c1-20(2,10-12-3-5-13(23)6-4-12)21-11-16(25)18-19(26)22-15-9-14(24)7-8-17(15)27-18/h3-9,16,18,21,23-25H,10-11H2,1-2H3,(H,22,26). The molecule has 1 aliphatic rings. The maximum Gasteiger partial charge on any atom is 0.268 e. The zero-order valence-corrected chi connectivity index (χ0v) is 15.3. The Bertz CT molecular complexity index is 820. The summed E-state index contributed by atoms with van der Waals surface area (Å²) in [6, 6.07) is 11.4. The number of phenols is 2. The van der Waals surface area contributed by atoms with Gasteiger partial charge in [-0.2, -0.15) is 0 Å². The number of rotatable bonds is 6. The van der Waals surface area contributed by atoms with Crippen LogP contribution in [0.3, 0.4) is 0 Å². The molecule has 0 radical (unpaired) electrons. The molecule has 1 heterocycles. The van der Waals surface area contributed by atoms with Crippen LogP contribution in [-0.4, -0.2) is 45.5 Å². The second-order valence-corrected chi connectivity index (χ2v) is 7.38. The Hall–Kier alpha value is -2.77. The first-order valence-electron chi connectivity index (χ1n) is 8.75. The van der Waals surface area contributed by atoms with Crippen LogP contribution in [-0.2, 0) is 11.2 Å². The molecule has 144 valence electrons. The summed E-state index contributed by atoms with van der Waals surface area (Å²) < 4.78 is 5.62. The maximum atomic E-state index is 12.2. The number of benzene rings is 2. The van der Waals surface area contributed by atoms with E-state index < -0.39 is 18.1 Å². The van der Waals surface area contributed by atoms with Crippen molar-refractivity contribution in [1.82, 2.24) is 5.32 Å². The van der Waals surface area contributed by atoms with Gasteiger partial charge in [-0.3, -0.25) is 4.79 Å². The highest BCUT2D eigenvalue weighted by atomic mass is 16.5. The molecule has 7 nitrogen and oxygen atoms in total. The van der Waals surface area contributed by atoms with Crippen molar-refractivity contribution in [3.63, 3.8) is 0 Å². The number of aliphatic hydroxyl groups is 1. The number of carbonyl (C=O) groups is 1. The third-order valence-electron chi connectivity index (χ3n) is 4.45. The van der Waals surface area contributed by atoms with E-state index in [9.17, 15) is 20.1 Å². The van der Waals surface area contributed by atoms with Gasteiger partial charge in [-0.15, -0.1) is 0 Å². The van der Waals surface area contributed by atoms with Gasteiger partial charge < -0.3 is 30.7 Å². The molecule has 7 heteroatoms. The Labute approximate surface area is 157 Å². The Morgan fingerprint density at radius 3 is 2.52 bits per heavy atom. The van der Waals surface area contributed by atoms with Crippen LogP contribution in [0.2, 0.25) is 0 Å². The molecule has 0 aliphatic carbocycles. The van der Waals surface area contributed by atoms with Crippen molar-refractivity contribution in [1.29, 1.82) is 0 Å². The number of phenolic OH excluding ortho intramolecular Hbond substituents is 2. The number of amides is 1. The fourth-order valence-electron chi connectivity index (χ4n) is 3.04. The first-order chi connectivity index (χ1) is 12.7. The van der Waals surface area contributed by atoms with Crippen molar-refractivity contribution in [3.05, 3.63) is 48.0 Å². The number of fused-ring (bicyclic) bond motifs is 1. The normalized spacial score (nSPS) is 17.6. The van der Waals surface area contributed by atoms with Crippen molar-refractivity contribution >= 4 is 11.6 Å². The first-order valence-corrected chi connectivity index (χ1v) is 8.75. The van der Waals surface area contributed by atoms with Crippen LogP contribution < -0.4 is 15.4 Å². The molecule has 0 fully saturated rings. The molecule has 1 amide bonds. The van der Waals surface area contributed by atoms with Crippen molar-refractivity contribution in [2.45, 2.75) is 38.0 Å². The van der Waals surface area contributed by atoms with E-state index in [-0.39, 0.29) is 23.6 Å². The van der Waals surface area contributed by atoms with Gasteiger partial charge in [0.2, 0.25) is 6.10 Å². The van der Waals surface area contributed by atoms with Gasteiger partial charge in [-0.05, 0) is 50.1 Å². The number of ether oxygens (including phenoxy) is 1. The van der Waals surface area contributed by atoms with Crippen LogP contribution in [0.15, 0.2) is 42.5 Å². The lowest BCUT2D eigenvalue weighted by molar-refractivity contribution is -0.128. The van der Waals surface area contributed by atoms with E-state index >= 15 is 0 Å². The molecule has 2 unspecified atom stereocenters. The van der Waals surface area contributed by atoms with Gasteiger partial charge in [-0.25, -0.2) is 0 Å². The molecule has 0 saturated carbocycles. The van der Waals surface area contributed by atoms with Gasteiger partial charge in [0, 0.05) is 18.2 Å².